The molecular weight excluding hydrogens is 244 g/mol. The van der Waals surface area contributed by atoms with Crippen LogP contribution in [0.4, 0.5) is 4.79 Å². The second kappa shape index (κ2) is 4.69. The highest BCUT2D eigenvalue weighted by Gasteiger charge is 2.49. The van der Waals surface area contributed by atoms with E-state index >= 15 is 0 Å². The fourth-order valence-corrected chi connectivity index (χ4v) is 2.53. The molecule has 0 radical (unpaired) electrons. The Morgan fingerprint density at radius 1 is 1.26 bits per heavy atom. The van der Waals surface area contributed by atoms with Crippen LogP contribution in [0.1, 0.15) is 47.0 Å². The summed E-state index contributed by atoms with van der Waals surface area (Å²) in [6.45, 7) is 8.79. The summed E-state index contributed by atoms with van der Waals surface area (Å²) in [5.41, 5.74) is -0.125. The fourth-order valence-electron chi connectivity index (χ4n) is 2.53. The molecule has 0 bridgehead atoms. The molecule has 1 spiro atoms. The van der Waals surface area contributed by atoms with E-state index in [0.29, 0.717) is 5.41 Å². The number of alkyl carbamates (subject to hydrolysis) is 1. The molecule has 108 valence electrons. The van der Waals surface area contributed by atoms with Gasteiger partial charge in [0.05, 0.1) is 0 Å². The smallest absolute Gasteiger partial charge is 0.408 e. The van der Waals surface area contributed by atoms with Gasteiger partial charge in [-0.25, -0.2) is 4.79 Å². The molecule has 1 atom stereocenters. The minimum Gasteiger partial charge on any atom is -0.444 e. The average Bonchev–Trinajstić information content (AvgIpc) is 2.85. The van der Waals surface area contributed by atoms with Gasteiger partial charge in [-0.2, -0.15) is 0 Å². The summed E-state index contributed by atoms with van der Waals surface area (Å²) >= 11 is 0. The highest BCUT2D eigenvalue weighted by atomic mass is 16.6. The Morgan fingerprint density at radius 2 is 1.89 bits per heavy atom. The van der Waals surface area contributed by atoms with Crippen molar-refractivity contribution in [3.8, 4) is 0 Å². The predicted molar refractivity (Wildman–Crippen MR) is 71.7 cm³/mol. The number of ether oxygens (including phenoxy) is 1. The van der Waals surface area contributed by atoms with Gasteiger partial charge in [-0.3, -0.25) is 4.79 Å². The topological polar surface area (TPSA) is 58.6 Å². The van der Waals surface area contributed by atoms with Gasteiger partial charge in [0.15, 0.2) is 0 Å². The molecule has 1 aliphatic carbocycles. The van der Waals surface area contributed by atoms with Gasteiger partial charge in [0, 0.05) is 13.1 Å². The van der Waals surface area contributed by atoms with E-state index in [4.69, 9.17) is 4.74 Å². The van der Waals surface area contributed by atoms with Crippen molar-refractivity contribution in [1.82, 2.24) is 10.2 Å². The third kappa shape index (κ3) is 3.61. The van der Waals surface area contributed by atoms with Crippen molar-refractivity contribution in [3.05, 3.63) is 0 Å². The number of carbonyl (C=O) groups excluding carboxylic acids is 2. The van der Waals surface area contributed by atoms with Crippen LogP contribution in [-0.2, 0) is 9.53 Å². The summed E-state index contributed by atoms with van der Waals surface area (Å²) < 4.78 is 5.15. The number of rotatable bonds is 2. The van der Waals surface area contributed by atoms with Gasteiger partial charge in [0.2, 0.25) is 5.91 Å². The zero-order valence-electron chi connectivity index (χ0n) is 12.3. The van der Waals surface area contributed by atoms with E-state index < -0.39 is 17.7 Å². The summed E-state index contributed by atoms with van der Waals surface area (Å²) in [4.78, 5) is 25.7. The molecule has 5 nitrogen and oxygen atoms in total. The van der Waals surface area contributed by atoms with Crippen LogP contribution >= 0.6 is 0 Å². The molecule has 2 amide bonds. The molecule has 1 saturated carbocycles. The van der Waals surface area contributed by atoms with E-state index in [1.54, 1.807) is 27.7 Å². The van der Waals surface area contributed by atoms with E-state index in [-0.39, 0.29) is 5.91 Å². The Labute approximate surface area is 114 Å². The van der Waals surface area contributed by atoms with Crippen molar-refractivity contribution in [2.75, 3.05) is 13.1 Å². The highest BCUT2D eigenvalue weighted by Crippen LogP contribution is 2.52. The second-order valence-corrected chi connectivity index (χ2v) is 6.88. The molecular formula is C14H24N2O3. The van der Waals surface area contributed by atoms with Crippen molar-refractivity contribution in [2.24, 2.45) is 5.41 Å². The first-order valence-electron chi connectivity index (χ1n) is 6.99. The van der Waals surface area contributed by atoms with E-state index in [1.165, 1.54) is 12.8 Å². The van der Waals surface area contributed by atoms with Gasteiger partial charge < -0.3 is 15.0 Å². The second-order valence-electron chi connectivity index (χ2n) is 6.88. The third-order valence-electron chi connectivity index (χ3n) is 3.81. The summed E-state index contributed by atoms with van der Waals surface area (Å²) in [5, 5.41) is 2.61. The van der Waals surface area contributed by atoms with Crippen molar-refractivity contribution >= 4 is 12.0 Å². The SMILES string of the molecule is C[C@@H](NC(=O)OC(C)(C)C)C(=O)N1CCC2(CC2)C1. The number of carbonyl (C=O) groups is 2. The monoisotopic (exact) mass is 268 g/mol. The highest BCUT2D eigenvalue weighted by molar-refractivity contribution is 5.85. The maximum absolute atomic E-state index is 12.2. The summed E-state index contributed by atoms with van der Waals surface area (Å²) in [7, 11) is 0. The van der Waals surface area contributed by atoms with E-state index in [0.717, 1.165) is 19.5 Å². The van der Waals surface area contributed by atoms with Gasteiger partial charge >= 0.3 is 6.09 Å². The van der Waals surface area contributed by atoms with Crippen LogP contribution in [0.5, 0.6) is 0 Å². The Morgan fingerprint density at radius 3 is 2.37 bits per heavy atom. The quantitative estimate of drug-likeness (QED) is 0.832. The Hall–Kier alpha value is -1.26. The fraction of sp³-hybridized carbons (Fsp3) is 0.857. The molecule has 2 aliphatic rings. The Bertz CT molecular complexity index is 383. The van der Waals surface area contributed by atoms with Crippen LogP contribution in [0.3, 0.4) is 0 Å². The molecule has 2 fully saturated rings. The van der Waals surface area contributed by atoms with Crippen LogP contribution in [0.2, 0.25) is 0 Å². The van der Waals surface area contributed by atoms with Crippen LogP contribution in [0.15, 0.2) is 0 Å². The number of hydrogen-bond acceptors (Lipinski definition) is 3. The predicted octanol–water partition coefficient (Wildman–Crippen LogP) is 1.91. The van der Waals surface area contributed by atoms with E-state index in [1.807, 2.05) is 4.90 Å². The summed E-state index contributed by atoms with van der Waals surface area (Å²) in [5.74, 6) is -0.00497. The average molecular weight is 268 g/mol. The van der Waals surface area contributed by atoms with E-state index in [9.17, 15) is 9.59 Å². The van der Waals surface area contributed by atoms with Gasteiger partial charge in [-0.1, -0.05) is 0 Å². The molecule has 19 heavy (non-hydrogen) atoms. The molecule has 5 heteroatoms. The largest absolute Gasteiger partial charge is 0.444 e. The maximum atomic E-state index is 12.2. The zero-order valence-corrected chi connectivity index (χ0v) is 12.3. The Balaban J connectivity index is 1.81. The van der Waals surface area contributed by atoms with Gasteiger partial charge in [-0.15, -0.1) is 0 Å². The van der Waals surface area contributed by atoms with Gasteiger partial charge in [-0.05, 0) is 52.4 Å². The van der Waals surface area contributed by atoms with Crippen LogP contribution in [0, 0.1) is 5.41 Å². The zero-order chi connectivity index (χ0) is 14.3. The molecule has 0 unspecified atom stereocenters. The first-order valence-corrected chi connectivity index (χ1v) is 6.99. The molecule has 1 saturated heterocycles. The number of likely N-dealkylation sites (tertiary alicyclic amines) is 1. The number of amides is 2. The number of nitrogens with one attached hydrogen (secondary N) is 1. The van der Waals surface area contributed by atoms with Crippen LogP contribution in [-0.4, -0.2) is 41.6 Å². The molecule has 1 N–H and O–H groups in total. The van der Waals surface area contributed by atoms with Crippen molar-refractivity contribution < 1.29 is 14.3 Å². The van der Waals surface area contributed by atoms with Crippen LogP contribution < -0.4 is 5.32 Å². The van der Waals surface area contributed by atoms with E-state index in [2.05, 4.69) is 5.32 Å². The summed E-state index contributed by atoms with van der Waals surface area (Å²) in [6.07, 6.45) is 3.06. The minimum absolute atomic E-state index is 0.00497. The lowest BCUT2D eigenvalue weighted by molar-refractivity contribution is -0.132. The number of hydrogen-bond donors (Lipinski definition) is 1. The van der Waals surface area contributed by atoms with Crippen molar-refractivity contribution in [3.63, 3.8) is 0 Å². The van der Waals surface area contributed by atoms with Gasteiger partial charge in [0.1, 0.15) is 11.6 Å². The molecule has 0 aromatic heterocycles. The third-order valence-corrected chi connectivity index (χ3v) is 3.81. The van der Waals surface area contributed by atoms with Crippen LogP contribution in [0.25, 0.3) is 0 Å². The summed E-state index contributed by atoms with van der Waals surface area (Å²) in [6, 6.07) is -0.524. The first kappa shape index (κ1) is 14.2. The normalized spacial score (nSPS) is 22.2. The molecule has 1 aliphatic heterocycles. The lowest BCUT2D eigenvalue weighted by atomic mass is 10.1. The maximum Gasteiger partial charge on any atom is 0.408 e. The minimum atomic E-state index is -0.543. The molecule has 0 aromatic rings. The lowest BCUT2D eigenvalue weighted by Crippen LogP contribution is -2.47. The Kier molecular flexibility index (Phi) is 3.49. The van der Waals surface area contributed by atoms with Gasteiger partial charge in [0.25, 0.3) is 0 Å². The lowest BCUT2D eigenvalue weighted by Gasteiger charge is -2.24. The molecule has 0 aromatic carbocycles. The van der Waals surface area contributed by atoms with Crippen molar-refractivity contribution in [2.45, 2.75) is 58.6 Å². The standard InChI is InChI=1S/C14H24N2O3/c1-10(15-12(18)19-13(2,3)4)11(17)16-8-7-14(9-16)5-6-14/h10H,5-9H2,1-4H3,(H,15,18)/t10-/m1/s1. The molecule has 1 heterocycles. The van der Waals surface area contributed by atoms with Crippen molar-refractivity contribution in [1.29, 1.82) is 0 Å². The molecule has 2 rings (SSSR count). The first-order chi connectivity index (χ1) is 8.71. The number of nitrogens with zero attached hydrogens (tertiary/aromatic N) is 1.